The van der Waals surface area contributed by atoms with Crippen LogP contribution in [-0.2, 0) is 23.8 Å². The van der Waals surface area contributed by atoms with Gasteiger partial charge in [0.05, 0.1) is 30.3 Å². The van der Waals surface area contributed by atoms with Gasteiger partial charge in [0.2, 0.25) is 0 Å². The number of carbonyl (C=O) groups excluding carboxylic acids is 2. The predicted octanol–water partition coefficient (Wildman–Crippen LogP) is 8.30. The highest BCUT2D eigenvalue weighted by atomic mass is 16.5. The molecule has 0 radical (unpaired) electrons. The molecule has 0 bridgehead atoms. The third-order valence-corrected chi connectivity index (χ3v) is 8.68. The average molecular weight is 605 g/mol. The molecule has 1 unspecified atom stereocenters. The summed E-state index contributed by atoms with van der Waals surface area (Å²) >= 11 is 0. The van der Waals surface area contributed by atoms with Crippen LogP contribution in [0, 0.1) is 5.92 Å². The van der Waals surface area contributed by atoms with Crippen LogP contribution in [0.3, 0.4) is 0 Å². The van der Waals surface area contributed by atoms with Gasteiger partial charge in [-0.2, -0.15) is 0 Å². The molecule has 2 aromatic rings. The van der Waals surface area contributed by atoms with Crippen molar-refractivity contribution in [3.63, 3.8) is 0 Å². The van der Waals surface area contributed by atoms with Gasteiger partial charge in [-0.05, 0) is 66.2 Å². The smallest absolute Gasteiger partial charge is 0.335 e. The van der Waals surface area contributed by atoms with Gasteiger partial charge in [-0.3, -0.25) is 0 Å². The largest absolute Gasteiger partial charge is 0.461 e. The van der Waals surface area contributed by atoms with Crippen LogP contribution in [0.15, 0.2) is 72.8 Å². The molecule has 1 aliphatic carbocycles. The highest BCUT2D eigenvalue weighted by Crippen LogP contribution is 2.38. The molecule has 0 heterocycles. The average Bonchev–Trinajstić information content (AvgIpc) is 3.06. The maximum atomic E-state index is 12.5. The standard InChI is InChI=1S/C38H52O6/c1-5-7-9-10-30-11-13-31(14-12-30)32-15-17-33(18-16-32)34-19-21-35(22-20-34)36(26-43-37(40)28(3)24-39)27-44-38(41)29(4)25-42-23-8-6-2/h15-22,30-31,36,39H,3-14,23-27H2,1-2H3. The number of hydrogen-bond acceptors (Lipinski definition) is 6. The molecule has 6 nitrogen and oxygen atoms in total. The lowest BCUT2D eigenvalue weighted by molar-refractivity contribution is -0.143. The van der Waals surface area contributed by atoms with Crippen LogP contribution in [0.25, 0.3) is 11.1 Å². The summed E-state index contributed by atoms with van der Waals surface area (Å²) in [4.78, 5) is 24.7. The second kappa shape index (κ2) is 19.2. The van der Waals surface area contributed by atoms with Crippen molar-refractivity contribution in [1.29, 1.82) is 0 Å². The number of esters is 2. The molecule has 44 heavy (non-hydrogen) atoms. The summed E-state index contributed by atoms with van der Waals surface area (Å²) in [6, 6.07) is 17.0. The molecule has 1 aliphatic rings. The van der Waals surface area contributed by atoms with Gasteiger partial charge in [-0.25, -0.2) is 9.59 Å². The molecular weight excluding hydrogens is 552 g/mol. The van der Waals surface area contributed by atoms with Gasteiger partial charge >= 0.3 is 11.9 Å². The first-order chi connectivity index (χ1) is 21.4. The summed E-state index contributed by atoms with van der Waals surface area (Å²) in [5, 5.41) is 9.21. The lowest BCUT2D eigenvalue weighted by Gasteiger charge is -2.29. The van der Waals surface area contributed by atoms with Crippen LogP contribution in [-0.4, -0.2) is 50.1 Å². The predicted molar refractivity (Wildman–Crippen MR) is 176 cm³/mol. The Kier molecular flexibility index (Phi) is 15.4. The maximum absolute atomic E-state index is 12.5. The molecular formula is C38H52O6. The second-order valence-corrected chi connectivity index (χ2v) is 12.1. The molecule has 0 aliphatic heterocycles. The number of unbranched alkanes of at least 4 members (excludes halogenated alkanes) is 3. The van der Waals surface area contributed by atoms with Crippen molar-refractivity contribution < 1.29 is 28.9 Å². The van der Waals surface area contributed by atoms with E-state index in [4.69, 9.17) is 14.2 Å². The highest BCUT2D eigenvalue weighted by Gasteiger charge is 2.23. The van der Waals surface area contributed by atoms with Gasteiger partial charge in [0.1, 0.15) is 13.2 Å². The Morgan fingerprint density at radius 3 is 1.93 bits per heavy atom. The molecule has 3 rings (SSSR count). The third-order valence-electron chi connectivity index (χ3n) is 8.68. The lowest BCUT2D eigenvalue weighted by Crippen LogP contribution is -2.22. The summed E-state index contributed by atoms with van der Waals surface area (Å²) in [5.74, 6) is -0.0699. The zero-order chi connectivity index (χ0) is 31.7. The molecule has 1 atom stereocenters. The van der Waals surface area contributed by atoms with Crippen LogP contribution in [0.2, 0.25) is 0 Å². The maximum Gasteiger partial charge on any atom is 0.335 e. The summed E-state index contributed by atoms with van der Waals surface area (Å²) in [7, 11) is 0. The van der Waals surface area contributed by atoms with Crippen molar-refractivity contribution in [3.05, 3.63) is 84.0 Å². The molecule has 1 saturated carbocycles. The van der Waals surface area contributed by atoms with Crippen molar-refractivity contribution in [2.45, 2.75) is 89.9 Å². The zero-order valence-corrected chi connectivity index (χ0v) is 26.9. The first-order valence-electron chi connectivity index (χ1n) is 16.4. The van der Waals surface area contributed by atoms with E-state index in [2.05, 4.69) is 51.3 Å². The van der Waals surface area contributed by atoms with Gasteiger partial charge in [-0.15, -0.1) is 0 Å². The lowest BCUT2D eigenvalue weighted by atomic mass is 9.77. The summed E-state index contributed by atoms with van der Waals surface area (Å²) in [5.41, 5.74) is 4.73. The minimum atomic E-state index is -0.681. The zero-order valence-electron chi connectivity index (χ0n) is 26.9. The van der Waals surface area contributed by atoms with E-state index in [-0.39, 0.29) is 31.0 Å². The van der Waals surface area contributed by atoms with Crippen LogP contribution < -0.4 is 0 Å². The van der Waals surface area contributed by atoms with Crippen LogP contribution in [0.1, 0.15) is 101 Å². The Balaban J connectivity index is 1.61. The SMILES string of the molecule is C=C(CO)C(=O)OCC(COC(=O)C(=C)COCCCC)c1ccc(-c2ccc(C3CCC(CCCCC)CC3)cc2)cc1. The van der Waals surface area contributed by atoms with E-state index in [1.54, 1.807) is 0 Å². The minimum absolute atomic E-state index is 0.000583. The summed E-state index contributed by atoms with van der Waals surface area (Å²) in [6.07, 6.45) is 12.6. The van der Waals surface area contributed by atoms with Crippen LogP contribution in [0.5, 0.6) is 0 Å². The van der Waals surface area contributed by atoms with Crippen molar-refractivity contribution >= 4 is 11.9 Å². The molecule has 2 aromatic carbocycles. The second-order valence-electron chi connectivity index (χ2n) is 12.1. The molecule has 0 amide bonds. The Hall–Kier alpha value is -3.22. The number of benzene rings is 2. The Morgan fingerprint density at radius 2 is 1.36 bits per heavy atom. The van der Waals surface area contributed by atoms with E-state index in [1.165, 1.54) is 56.9 Å². The Bertz CT molecular complexity index is 1170. The van der Waals surface area contributed by atoms with E-state index < -0.39 is 24.5 Å². The van der Waals surface area contributed by atoms with E-state index >= 15 is 0 Å². The topological polar surface area (TPSA) is 82.1 Å². The van der Waals surface area contributed by atoms with Crippen molar-refractivity contribution in [1.82, 2.24) is 0 Å². The fraction of sp³-hybridized carbons (Fsp3) is 0.526. The number of aliphatic hydroxyl groups is 1. The summed E-state index contributed by atoms with van der Waals surface area (Å²) < 4.78 is 16.4. The fourth-order valence-electron chi connectivity index (χ4n) is 5.73. The van der Waals surface area contributed by atoms with E-state index in [0.29, 0.717) is 12.5 Å². The fourth-order valence-corrected chi connectivity index (χ4v) is 5.73. The summed E-state index contributed by atoms with van der Waals surface area (Å²) in [6.45, 7) is 11.8. The number of rotatable bonds is 19. The van der Waals surface area contributed by atoms with Gasteiger partial charge < -0.3 is 19.3 Å². The van der Waals surface area contributed by atoms with Crippen molar-refractivity contribution in [2.24, 2.45) is 5.92 Å². The van der Waals surface area contributed by atoms with Crippen molar-refractivity contribution in [3.8, 4) is 11.1 Å². The number of aliphatic hydroxyl groups excluding tert-OH is 1. The number of carbonyl (C=O) groups is 2. The molecule has 0 spiro atoms. The number of ether oxygens (including phenoxy) is 3. The van der Waals surface area contributed by atoms with Crippen LogP contribution >= 0.6 is 0 Å². The third kappa shape index (κ3) is 11.4. The molecule has 0 aromatic heterocycles. The van der Waals surface area contributed by atoms with Crippen molar-refractivity contribution in [2.75, 3.05) is 33.0 Å². The monoisotopic (exact) mass is 604 g/mol. The normalized spacial score (nSPS) is 17.1. The first kappa shape index (κ1) is 35.3. The van der Waals surface area contributed by atoms with Gasteiger partial charge in [0, 0.05) is 6.61 Å². The Morgan fingerprint density at radius 1 is 0.795 bits per heavy atom. The highest BCUT2D eigenvalue weighted by molar-refractivity contribution is 5.88. The van der Waals surface area contributed by atoms with Crippen LogP contribution in [0.4, 0.5) is 0 Å². The quantitative estimate of drug-likeness (QED) is 0.0987. The van der Waals surface area contributed by atoms with E-state index in [1.807, 2.05) is 24.3 Å². The van der Waals surface area contributed by atoms with E-state index in [9.17, 15) is 14.7 Å². The molecule has 240 valence electrons. The number of hydrogen-bond donors (Lipinski definition) is 1. The molecule has 6 heteroatoms. The molecule has 1 fully saturated rings. The van der Waals surface area contributed by atoms with E-state index in [0.717, 1.165) is 35.4 Å². The minimum Gasteiger partial charge on any atom is -0.461 e. The van der Waals surface area contributed by atoms with Gasteiger partial charge in [0.15, 0.2) is 0 Å². The molecule has 1 N–H and O–H groups in total. The van der Waals surface area contributed by atoms with Gasteiger partial charge in [-0.1, -0.05) is 108 Å². The van der Waals surface area contributed by atoms with Gasteiger partial charge in [0.25, 0.3) is 0 Å². The molecule has 0 saturated heterocycles. The Labute approximate surface area is 264 Å². The first-order valence-corrected chi connectivity index (χ1v) is 16.4.